The third-order valence-electron chi connectivity index (χ3n) is 5.87. The minimum Gasteiger partial charge on any atom is -0.496 e. The molecular formula is C26H28N2O2S2. The number of carbonyl (C=O) groups is 1. The van der Waals surface area contributed by atoms with Gasteiger partial charge in [-0.15, -0.1) is 0 Å². The van der Waals surface area contributed by atoms with E-state index < -0.39 is 0 Å². The Bertz CT molecular complexity index is 1140. The molecular weight excluding hydrogens is 436 g/mol. The van der Waals surface area contributed by atoms with Crippen molar-refractivity contribution in [3.05, 3.63) is 64.6 Å². The van der Waals surface area contributed by atoms with E-state index in [9.17, 15) is 4.79 Å². The van der Waals surface area contributed by atoms with E-state index in [0.29, 0.717) is 9.23 Å². The van der Waals surface area contributed by atoms with E-state index in [4.69, 9.17) is 17.0 Å². The molecule has 1 fully saturated rings. The lowest BCUT2D eigenvalue weighted by Gasteiger charge is -2.43. The van der Waals surface area contributed by atoms with Crippen LogP contribution in [0.5, 0.6) is 5.75 Å². The lowest BCUT2D eigenvalue weighted by atomic mass is 9.87. The van der Waals surface area contributed by atoms with Crippen molar-refractivity contribution < 1.29 is 9.53 Å². The molecule has 2 aromatic rings. The van der Waals surface area contributed by atoms with Crippen molar-refractivity contribution in [1.82, 2.24) is 0 Å². The van der Waals surface area contributed by atoms with Gasteiger partial charge in [0.05, 0.1) is 23.2 Å². The Morgan fingerprint density at radius 2 is 1.91 bits per heavy atom. The number of anilines is 2. The first-order valence-electron chi connectivity index (χ1n) is 10.8. The zero-order chi connectivity index (χ0) is 23.0. The summed E-state index contributed by atoms with van der Waals surface area (Å²) >= 11 is 6.85. The summed E-state index contributed by atoms with van der Waals surface area (Å²) < 4.78 is 6.31. The van der Waals surface area contributed by atoms with E-state index in [2.05, 4.69) is 50.8 Å². The van der Waals surface area contributed by atoms with E-state index in [1.165, 1.54) is 28.6 Å². The summed E-state index contributed by atoms with van der Waals surface area (Å²) in [6.07, 6.45) is 5.27. The van der Waals surface area contributed by atoms with Crippen LogP contribution in [0.15, 0.2) is 53.4 Å². The fourth-order valence-corrected chi connectivity index (χ4v) is 5.74. The van der Waals surface area contributed by atoms with Gasteiger partial charge >= 0.3 is 0 Å². The van der Waals surface area contributed by atoms with Crippen LogP contribution < -0.4 is 14.5 Å². The Balaban J connectivity index is 1.77. The third-order valence-corrected chi connectivity index (χ3v) is 7.17. The number of ether oxygens (including phenoxy) is 1. The molecule has 4 rings (SSSR count). The second kappa shape index (κ2) is 8.75. The van der Waals surface area contributed by atoms with Gasteiger partial charge in [0.15, 0.2) is 4.32 Å². The van der Waals surface area contributed by atoms with E-state index in [1.54, 1.807) is 12.0 Å². The normalized spacial score (nSPS) is 18.8. The van der Waals surface area contributed by atoms with Crippen LogP contribution in [0.1, 0.15) is 45.2 Å². The van der Waals surface area contributed by atoms with Crippen molar-refractivity contribution in [1.29, 1.82) is 0 Å². The molecule has 4 nitrogen and oxygen atoms in total. The molecule has 0 N–H and O–H groups in total. The van der Waals surface area contributed by atoms with Gasteiger partial charge in [0.1, 0.15) is 5.75 Å². The fraction of sp³-hybridized carbons (Fsp3) is 0.308. The lowest BCUT2D eigenvalue weighted by Crippen LogP contribution is -2.45. The number of thioether (sulfide) groups is 1. The minimum atomic E-state index is -0.105. The number of allylic oxidation sites excluding steroid dienone is 1. The highest BCUT2D eigenvalue weighted by atomic mass is 32.2. The van der Waals surface area contributed by atoms with Gasteiger partial charge in [-0.3, -0.25) is 9.69 Å². The highest BCUT2D eigenvalue weighted by Gasteiger charge is 2.34. The first-order chi connectivity index (χ1) is 15.3. The molecule has 0 aromatic heterocycles. The molecule has 6 heteroatoms. The molecule has 1 saturated heterocycles. The number of hydrogen-bond acceptors (Lipinski definition) is 5. The Hall–Kier alpha value is -2.57. The number of methoxy groups -OCH3 is 1. The number of fused-ring (bicyclic) bond motifs is 1. The van der Waals surface area contributed by atoms with Gasteiger partial charge in [-0.1, -0.05) is 55.2 Å². The van der Waals surface area contributed by atoms with Crippen LogP contribution in [0.2, 0.25) is 0 Å². The van der Waals surface area contributed by atoms with Crippen molar-refractivity contribution in [3.63, 3.8) is 0 Å². The molecule has 0 spiro atoms. The lowest BCUT2D eigenvalue weighted by molar-refractivity contribution is -0.113. The number of rotatable bonds is 5. The Labute approximate surface area is 199 Å². The number of amides is 1. The van der Waals surface area contributed by atoms with Gasteiger partial charge in [-0.25, -0.2) is 0 Å². The fourth-order valence-electron chi connectivity index (χ4n) is 4.45. The molecule has 2 aliphatic heterocycles. The van der Waals surface area contributed by atoms with Crippen LogP contribution in [0.25, 0.3) is 11.6 Å². The highest BCUT2D eigenvalue weighted by Crippen LogP contribution is 2.44. The topological polar surface area (TPSA) is 32.8 Å². The van der Waals surface area contributed by atoms with Crippen LogP contribution in [-0.2, 0) is 4.79 Å². The Morgan fingerprint density at radius 1 is 1.19 bits per heavy atom. The second-order valence-electron chi connectivity index (χ2n) is 8.60. The van der Waals surface area contributed by atoms with E-state index in [0.717, 1.165) is 30.0 Å². The third kappa shape index (κ3) is 3.97. The maximum Gasteiger partial charge on any atom is 0.270 e. The molecule has 0 unspecified atom stereocenters. The van der Waals surface area contributed by atoms with Gasteiger partial charge in [0.25, 0.3) is 5.91 Å². The molecule has 0 aliphatic carbocycles. The molecule has 32 heavy (non-hydrogen) atoms. The number of para-hydroxylation sites is 1. The molecule has 2 aromatic carbocycles. The zero-order valence-electron chi connectivity index (χ0n) is 19.1. The molecule has 1 amide bonds. The average molecular weight is 465 g/mol. The van der Waals surface area contributed by atoms with Gasteiger partial charge in [0, 0.05) is 29.4 Å². The molecule has 0 radical (unpaired) electrons. The number of carbonyl (C=O) groups excluding carboxylic acids is 1. The number of thiocarbonyl (C=S) groups is 1. The maximum atomic E-state index is 13.2. The molecule has 0 atom stereocenters. The molecule has 2 aliphatic rings. The quantitative estimate of drug-likeness (QED) is 0.372. The van der Waals surface area contributed by atoms with E-state index in [-0.39, 0.29) is 11.4 Å². The average Bonchev–Trinajstić information content (AvgIpc) is 3.04. The number of hydrogen-bond donors (Lipinski definition) is 0. The highest BCUT2D eigenvalue weighted by molar-refractivity contribution is 8.27. The monoisotopic (exact) mass is 464 g/mol. The van der Waals surface area contributed by atoms with Crippen LogP contribution >= 0.6 is 24.0 Å². The van der Waals surface area contributed by atoms with Crippen molar-refractivity contribution >= 4 is 57.2 Å². The summed E-state index contributed by atoms with van der Waals surface area (Å²) in [7, 11) is 1.68. The van der Waals surface area contributed by atoms with Gasteiger partial charge in [-0.2, -0.15) is 0 Å². The van der Waals surface area contributed by atoms with Crippen LogP contribution in [0, 0.1) is 0 Å². The largest absolute Gasteiger partial charge is 0.496 e. The molecule has 0 saturated carbocycles. The van der Waals surface area contributed by atoms with Crippen molar-refractivity contribution in [2.24, 2.45) is 0 Å². The van der Waals surface area contributed by atoms with Gasteiger partial charge in [0.2, 0.25) is 0 Å². The predicted molar refractivity (Wildman–Crippen MR) is 140 cm³/mol. The smallest absolute Gasteiger partial charge is 0.270 e. The SMILES string of the molecule is CCCN1c2cc(OC)c(/C=C3/SC(=S)N(c4ccccc4)C3=O)cc2C(C)=CC1(C)C. The van der Waals surface area contributed by atoms with Gasteiger partial charge in [-0.05, 0) is 57.0 Å². The molecule has 166 valence electrons. The first kappa shape index (κ1) is 22.6. The van der Waals surface area contributed by atoms with Crippen molar-refractivity contribution in [3.8, 4) is 5.75 Å². The summed E-state index contributed by atoms with van der Waals surface area (Å²) in [5.74, 6) is 0.646. The van der Waals surface area contributed by atoms with E-state index in [1.807, 2.05) is 36.4 Å². The Kier molecular flexibility index (Phi) is 6.19. The Morgan fingerprint density at radius 3 is 2.56 bits per heavy atom. The summed E-state index contributed by atoms with van der Waals surface area (Å²) in [6, 6.07) is 13.8. The van der Waals surface area contributed by atoms with Gasteiger partial charge < -0.3 is 9.64 Å². The van der Waals surface area contributed by atoms with Crippen molar-refractivity contribution in [2.75, 3.05) is 23.5 Å². The van der Waals surface area contributed by atoms with E-state index >= 15 is 0 Å². The second-order valence-corrected chi connectivity index (χ2v) is 10.3. The summed E-state index contributed by atoms with van der Waals surface area (Å²) in [4.78, 5) is 17.8. The van der Waals surface area contributed by atoms with Crippen LogP contribution in [-0.4, -0.2) is 29.4 Å². The zero-order valence-corrected chi connectivity index (χ0v) is 20.8. The predicted octanol–water partition coefficient (Wildman–Crippen LogP) is 6.51. The maximum absolute atomic E-state index is 13.2. The molecule has 2 heterocycles. The number of benzene rings is 2. The molecule has 0 bridgehead atoms. The van der Waals surface area contributed by atoms with Crippen LogP contribution in [0.4, 0.5) is 11.4 Å². The minimum absolute atomic E-state index is 0.0717. The van der Waals surface area contributed by atoms with Crippen LogP contribution in [0.3, 0.4) is 0 Å². The summed E-state index contributed by atoms with van der Waals surface area (Å²) in [6.45, 7) is 9.78. The standard InChI is InChI=1S/C26H28N2O2S2/c1-6-12-27-21-15-22(30-5)18(13-20(21)17(2)16-26(27,3)4)14-23-24(29)28(25(31)32-23)19-10-8-7-9-11-19/h7-11,13-16H,6,12H2,1-5H3/b23-14+. The number of nitrogens with zero attached hydrogens (tertiary/aromatic N) is 2. The first-order valence-corrected chi connectivity index (χ1v) is 12.0. The summed E-state index contributed by atoms with van der Waals surface area (Å²) in [5, 5.41) is 0. The summed E-state index contributed by atoms with van der Waals surface area (Å²) in [5.41, 5.74) is 5.16. The van der Waals surface area contributed by atoms with Crippen molar-refractivity contribution in [2.45, 2.75) is 39.7 Å².